The number of esters is 1. The normalized spacial score (nSPS) is 11.3. The van der Waals surface area contributed by atoms with Crippen molar-refractivity contribution in [3.8, 4) is 0 Å². The van der Waals surface area contributed by atoms with E-state index in [0.29, 0.717) is 5.69 Å². The number of hydrogen-bond acceptors (Lipinski definition) is 5. The molecule has 0 amide bonds. The lowest BCUT2D eigenvalue weighted by Crippen LogP contribution is -2.00. The fraction of sp³-hybridized carbons (Fsp3) is 0.0714. The Morgan fingerprint density at radius 2 is 2.19 bits per heavy atom. The molecule has 0 spiro atoms. The molecule has 2 N–H and O–H groups in total. The van der Waals surface area contributed by atoms with Crippen molar-refractivity contribution < 1.29 is 19.4 Å². The van der Waals surface area contributed by atoms with Gasteiger partial charge in [-0.3, -0.25) is 0 Å². The summed E-state index contributed by atoms with van der Waals surface area (Å²) in [6.07, 6.45) is 9.42. The van der Waals surface area contributed by atoms with E-state index in [-0.39, 0.29) is 0 Å². The largest absolute Gasteiger partial charge is 0.478 e. The third-order valence-corrected chi connectivity index (χ3v) is 3.39. The first-order valence-corrected chi connectivity index (χ1v) is 6.72. The third-order valence-electron chi connectivity index (χ3n) is 2.46. The summed E-state index contributed by atoms with van der Waals surface area (Å²) < 4.78 is 4.60. The Morgan fingerprint density at radius 1 is 1.38 bits per heavy atom. The van der Waals surface area contributed by atoms with E-state index >= 15 is 0 Å². The van der Waals surface area contributed by atoms with Gasteiger partial charge in [0, 0.05) is 23.3 Å². The molecular formula is C14H12N2O4S. The lowest BCUT2D eigenvalue weighted by atomic mass is 10.3. The number of aliphatic carboxylic acids is 1. The number of nitrogens with one attached hydrogen (secondary N) is 1. The second-order valence-electron chi connectivity index (χ2n) is 3.94. The van der Waals surface area contributed by atoms with Gasteiger partial charge < -0.3 is 14.8 Å². The molecule has 2 aromatic rings. The summed E-state index contributed by atoms with van der Waals surface area (Å²) in [5.41, 5.74) is 1.19. The molecule has 0 aliphatic rings. The molecule has 0 radical (unpaired) electrons. The summed E-state index contributed by atoms with van der Waals surface area (Å²) in [5.74, 6) is -1.42. The van der Waals surface area contributed by atoms with Crippen molar-refractivity contribution in [1.29, 1.82) is 0 Å². The Bertz CT molecular complexity index is 712. The van der Waals surface area contributed by atoms with Gasteiger partial charge in [-0.25, -0.2) is 14.6 Å². The number of H-pyrrole nitrogens is 1. The molecule has 0 saturated heterocycles. The van der Waals surface area contributed by atoms with Crippen molar-refractivity contribution >= 4 is 41.5 Å². The average Bonchev–Trinajstić information content (AvgIpc) is 3.11. The van der Waals surface area contributed by atoms with Gasteiger partial charge in [0.05, 0.1) is 7.11 Å². The van der Waals surface area contributed by atoms with E-state index < -0.39 is 11.9 Å². The highest BCUT2D eigenvalue weighted by Crippen LogP contribution is 2.17. The van der Waals surface area contributed by atoms with E-state index in [1.165, 1.54) is 24.5 Å². The van der Waals surface area contributed by atoms with Crippen molar-refractivity contribution in [1.82, 2.24) is 9.97 Å². The number of aromatic amines is 1. The van der Waals surface area contributed by atoms with E-state index in [1.807, 2.05) is 0 Å². The molecule has 2 rings (SSSR count). The number of carboxylic acid groups (broad SMARTS) is 1. The van der Waals surface area contributed by atoms with Crippen LogP contribution in [0.1, 0.15) is 25.9 Å². The van der Waals surface area contributed by atoms with Crippen LogP contribution in [-0.2, 0) is 9.53 Å². The molecule has 2 aromatic heterocycles. The van der Waals surface area contributed by atoms with E-state index in [0.717, 1.165) is 21.5 Å². The van der Waals surface area contributed by atoms with Crippen LogP contribution < -0.4 is 0 Å². The molecule has 0 aliphatic heterocycles. The topological polar surface area (TPSA) is 92.3 Å². The molecule has 0 unspecified atom stereocenters. The molecule has 0 aliphatic carbocycles. The molecule has 0 saturated carbocycles. The number of carbonyl (C=O) groups excluding carboxylic acids is 1. The highest BCUT2D eigenvalue weighted by Gasteiger charge is 2.06. The monoisotopic (exact) mass is 304 g/mol. The highest BCUT2D eigenvalue weighted by molar-refractivity contribution is 7.13. The SMILES string of the molecule is COC(=O)c1cc(C=Cc2ncc(C=CC(=O)O)s2)c[nH]1. The van der Waals surface area contributed by atoms with E-state index in [2.05, 4.69) is 14.7 Å². The molecule has 108 valence electrons. The zero-order chi connectivity index (χ0) is 15.2. The van der Waals surface area contributed by atoms with Crippen LogP contribution in [0.3, 0.4) is 0 Å². The fourth-order valence-electron chi connectivity index (χ4n) is 1.51. The predicted octanol–water partition coefficient (Wildman–Crippen LogP) is 2.53. The van der Waals surface area contributed by atoms with Crippen molar-refractivity contribution in [3.63, 3.8) is 0 Å². The van der Waals surface area contributed by atoms with Gasteiger partial charge in [0.2, 0.25) is 0 Å². The van der Waals surface area contributed by atoms with Gasteiger partial charge in [0.25, 0.3) is 0 Å². The van der Waals surface area contributed by atoms with Crippen molar-refractivity contribution in [2.75, 3.05) is 7.11 Å². The zero-order valence-electron chi connectivity index (χ0n) is 11.1. The van der Waals surface area contributed by atoms with Gasteiger partial charge in [-0.2, -0.15) is 0 Å². The van der Waals surface area contributed by atoms with Gasteiger partial charge in [0.15, 0.2) is 0 Å². The van der Waals surface area contributed by atoms with E-state index in [4.69, 9.17) is 5.11 Å². The molecule has 0 aromatic carbocycles. The van der Waals surface area contributed by atoms with Crippen LogP contribution in [0, 0.1) is 0 Å². The molecule has 0 atom stereocenters. The number of ether oxygens (including phenoxy) is 1. The van der Waals surface area contributed by atoms with Crippen LogP contribution in [0.25, 0.3) is 18.2 Å². The van der Waals surface area contributed by atoms with Crippen molar-refractivity contribution in [3.05, 3.63) is 45.7 Å². The molecule has 7 heteroatoms. The van der Waals surface area contributed by atoms with Gasteiger partial charge >= 0.3 is 11.9 Å². The Morgan fingerprint density at radius 3 is 2.90 bits per heavy atom. The smallest absolute Gasteiger partial charge is 0.354 e. The van der Waals surface area contributed by atoms with Gasteiger partial charge in [-0.1, -0.05) is 6.08 Å². The second kappa shape index (κ2) is 6.67. The first-order valence-electron chi connectivity index (χ1n) is 5.90. The van der Waals surface area contributed by atoms with Crippen molar-refractivity contribution in [2.45, 2.75) is 0 Å². The average molecular weight is 304 g/mol. The summed E-state index contributed by atoms with van der Waals surface area (Å²) in [6.45, 7) is 0. The standard InChI is InChI=1S/C14H12N2O4S/c1-20-14(19)11-6-9(7-15-11)2-4-12-16-8-10(21-12)3-5-13(17)18/h2-8,15H,1H3,(H,17,18). The molecular weight excluding hydrogens is 292 g/mol. The van der Waals surface area contributed by atoms with Gasteiger partial charge in [-0.15, -0.1) is 11.3 Å². The van der Waals surface area contributed by atoms with Crippen LogP contribution >= 0.6 is 11.3 Å². The predicted molar refractivity (Wildman–Crippen MR) is 79.8 cm³/mol. The van der Waals surface area contributed by atoms with Gasteiger partial charge in [-0.05, 0) is 23.8 Å². The second-order valence-corrected chi connectivity index (χ2v) is 5.04. The first-order chi connectivity index (χ1) is 10.1. The lowest BCUT2D eigenvalue weighted by Gasteiger charge is -1.91. The maximum absolute atomic E-state index is 11.3. The number of aromatic nitrogens is 2. The number of rotatable bonds is 5. The Labute approximate surface area is 124 Å². The van der Waals surface area contributed by atoms with E-state index in [9.17, 15) is 9.59 Å². The molecule has 0 bridgehead atoms. The Kier molecular flexibility index (Phi) is 4.68. The van der Waals surface area contributed by atoms with Crippen LogP contribution in [0.4, 0.5) is 0 Å². The van der Waals surface area contributed by atoms with Crippen LogP contribution in [0.2, 0.25) is 0 Å². The third kappa shape index (κ3) is 4.15. The number of carbonyl (C=O) groups is 2. The lowest BCUT2D eigenvalue weighted by molar-refractivity contribution is -0.131. The Balaban J connectivity index is 2.06. The molecule has 0 fully saturated rings. The molecule has 2 heterocycles. The zero-order valence-corrected chi connectivity index (χ0v) is 11.9. The van der Waals surface area contributed by atoms with Crippen LogP contribution in [0.5, 0.6) is 0 Å². The fourth-order valence-corrected chi connectivity index (χ4v) is 2.24. The summed E-state index contributed by atoms with van der Waals surface area (Å²) in [4.78, 5) is 29.4. The number of carboxylic acids is 1. The van der Waals surface area contributed by atoms with Crippen molar-refractivity contribution in [2.24, 2.45) is 0 Å². The first kappa shape index (κ1) is 14.7. The summed E-state index contributed by atoms with van der Waals surface area (Å²) >= 11 is 1.36. The summed E-state index contributed by atoms with van der Waals surface area (Å²) in [5, 5.41) is 9.28. The number of thiazole rings is 1. The molecule has 21 heavy (non-hydrogen) atoms. The summed E-state index contributed by atoms with van der Waals surface area (Å²) in [7, 11) is 1.32. The molecule has 6 nitrogen and oxygen atoms in total. The van der Waals surface area contributed by atoms with Gasteiger partial charge in [0.1, 0.15) is 10.7 Å². The summed E-state index contributed by atoms with van der Waals surface area (Å²) in [6, 6.07) is 1.67. The minimum Gasteiger partial charge on any atom is -0.478 e. The maximum Gasteiger partial charge on any atom is 0.354 e. The minimum atomic E-state index is -0.997. The number of methoxy groups -OCH3 is 1. The number of hydrogen-bond donors (Lipinski definition) is 2. The van der Waals surface area contributed by atoms with E-state index in [1.54, 1.807) is 30.6 Å². The van der Waals surface area contributed by atoms with Crippen LogP contribution in [0.15, 0.2) is 24.5 Å². The quantitative estimate of drug-likeness (QED) is 0.654. The maximum atomic E-state index is 11.3. The number of nitrogens with zero attached hydrogens (tertiary/aromatic N) is 1. The Hall–Kier alpha value is -2.67. The van der Waals surface area contributed by atoms with Crippen LogP contribution in [-0.4, -0.2) is 34.1 Å². The minimum absolute atomic E-state index is 0.376. The highest BCUT2D eigenvalue weighted by atomic mass is 32.1.